The topological polar surface area (TPSA) is 152 Å². The van der Waals surface area contributed by atoms with Crippen LogP contribution in [0.25, 0.3) is 11.3 Å². The number of morpholine rings is 1. The van der Waals surface area contributed by atoms with Crippen LogP contribution < -0.4 is 27.2 Å². The highest BCUT2D eigenvalue weighted by Gasteiger charge is 2.24. The van der Waals surface area contributed by atoms with Crippen LogP contribution in [0.5, 0.6) is 0 Å². The van der Waals surface area contributed by atoms with Crippen molar-refractivity contribution in [3.05, 3.63) is 47.1 Å². The Morgan fingerprint density at radius 3 is 2.56 bits per heavy atom. The van der Waals surface area contributed by atoms with E-state index in [2.05, 4.69) is 20.7 Å². The first-order chi connectivity index (χ1) is 15.4. The van der Waals surface area contributed by atoms with Gasteiger partial charge >= 0.3 is 5.96 Å². The SMILES string of the molecule is NC(N)=[NH+]CCCC(NC(=O)c1ccc(-c2ccc(Cl)cc2)[nH]1)C(=O)NN1CCOCC1. The third-order valence-electron chi connectivity index (χ3n) is 4.99. The van der Waals surface area contributed by atoms with Crippen molar-refractivity contribution in [1.82, 2.24) is 20.7 Å². The molecule has 172 valence electrons. The summed E-state index contributed by atoms with van der Waals surface area (Å²) in [7, 11) is 0. The highest BCUT2D eigenvalue weighted by molar-refractivity contribution is 6.30. The second-order valence-corrected chi connectivity index (χ2v) is 7.85. The Morgan fingerprint density at radius 2 is 1.88 bits per heavy atom. The number of carbonyl (C=O) groups is 2. The summed E-state index contributed by atoms with van der Waals surface area (Å²) in [5.41, 5.74) is 15.7. The lowest BCUT2D eigenvalue weighted by Crippen LogP contribution is -2.78. The number of guanidine groups is 1. The Kier molecular flexibility index (Phi) is 8.48. The van der Waals surface area contributed by atoms with Crippen LogP contribution in [0.3, 0.4) is 0 Å². The number of nitrogens with two attached hydrogens (primary N) is 2. The number of amides is 2. The zero-order valence-electron chi connectivity index (χ0n) is 17.7. The number of halogens is 1. The highest BCUT2D eigenvalue weighted by Crippen LogP contribution is 2.21. The lowest BCUT2D eigenvalue weighted by atomic mass is 10.1. The Hall–Kier alpha value is -3.08. The predicted octanol–water partition coefficient (Wildman–Crippen LogP) is -1.07. The molecule has 32 heavy (non-hydrogen) atoms. The average Bonchev–Trinajstić information content (AvgIpc) is 3.27. The first-order valence-corrected chi connectivity index (χ1v) is 10.8. The summed E-state index contributed by atoms with van der Waals surface area (Å²) < 4.78 is 5.30. The third kappa shape index (κ3) is 6.98. The number of aromatic amines is 1. The minimum Gasteiger partial charge on any atom is -0.379 e. The second-order valence-electron chi connectivity index (χ2n) is 7.42. The van der Waals surface area contributed by atoms with Crippen molar-refractivity contribution in [3.8, 4) is 11.3 Å². The molecule has 0 radical (unpaired) electrons. The number of rotatable bonds is 9. The maximum Gasteiger partial charge on any atom is 0.338 e. The molecule has 1 aromatic heterocycles. The summed E-state index contributed by atoms with van der Waals surface area (Å²) in [6, 6.07) is 10.1. The Balaban J connectivity index is 1.65. The van der Waals surface area contributed by atoms with Gasteiger partial charge in [0.1, 0.15) is 11.7 Å². The van der Waals surface area contributed by atoms with Gasteiger partial charge in [-0.15, -0.1) is 0 Å². The molecule has 2 amide bonds. The van der Waals surface area contributed by atoms with Crippen LogP contribution in [0.2, 0.25) is 5.02 Å². The number of nitrogens with one attached hydrogen (secondary N) is 4. The number of hydrogen-bond acceptors (Lipinski definition) is 4. The number of ether oxygens (including phenoxy) is 1. The smallest absolute Gasteiger partial charge is 0.338 e. The Labute approximate surface area is 191 Å². The maximum atomic E-state index is 12.9. The molecular formula is C21H29ClN7O3+. The van der Waals surface area contributed by atoms with Gasteiger partial charge in [-0.25, -0.2) is 5.01 Å². The number of hydrogen-bond donors (Lipinski definition) is 6. The van der Waals surface area contributed by atoms with Gasteiger partial charge in [0.2, 0.25) is 0 Å². The molecule has 10 nitrogen and oxygen atoms in total. The van der Waals surface area contributed by atoms with E-state index in [-0.39, 0.29) is 17.8 Å². The number of aromatic nitrogens is 1. The summed E-state index contributed by atoms with van der Waals surface area (Å²) in [6.07, 6.45) is 0.993. The molecule has 0 bridgehead atoms. The van der Waals surface area contributed by atoms with Gasteiger partial charge in [-0.3, -0.25) is 31.5 Å². The highest BCUT2D eigenvalue weighted by atomic mass is 35.5. The van der Waals surface area contributed by atoms with Crippen LogP contribution >= 0.6 is 11.6 Å². The van der Waals surface area contributed by atoms with Crippen molar-refractivity contribution in [3.63, 3.8) is 0 Å². The third-order valence-corrected chi connectivity index (χ3v) is 5.24. The summed E-state index contributed by atoms with van der Waals surface area (Å²) in [5, 5.41) is 5.26. The molecular weight excluding hydrogens is 434 g/mol. The van der Waals surface area contributed by atoms with Gasteiger partial charge in [0.15, 0.2) is 0 Å². The summed E-state index contributed by atoms with van der Waals surface area (Å²) in [4.78, 5) is 31.6. The van der Waals surface area contributed by atoms with Crippen molar-refractivity contribution in [2.75, 3.05) is 32.8 Å². The lowest BCUT2D eigenvalue weighted by Gasteiger charge is -2.29. The van der Waals surface area contributed by atoms with E-state index < -0.39 is 6.04 Å². The van der Waals surface area contributed by atoms with E-state index in [0.717, 1.165) is 11.3 Å². The molecule has 3 rings (SSSR count). The summed E-state index contributed by atoms with van der Waals surface area (Å²) in [6.45, 7) is 2.76. The molecule has 8 N–H and O–H groups in total. The van der Waals surface area contributed by atoms with Crippen molar-refractivity contribution >= 4 is 29.4 Å². The zero-order chi connectivity index (χ0) is 22.9. The number of nitrogens with zero attached hydrogens (tertiary/aromatic N) is 1. The van der Waals surface area contributed by atoms with Crippen molar-refractivity contribution in [2.24, 2.45) is 11.5 Å². The van der Waals surface area contributed by atoms with Crippen molar-refractivity contribution < 1.29 is 19.3 Å². The predicted molar refractivity (Wildman–Crippen MR) is 121 cm³/mol. The fraction of sp³-hybridized carbons (Fsp3) is 0.381. The van der Waals surface area contributed by atoms with Crippen LogP contribution in [0.15, 0.2) is 36.4 Å². The van der Waals surface area contributed by atoms with Crippen LogP contribution in [-0.4, -0.2) is 66.7 Å². The monoisotopic (exact) mass is 462 g/mol. The van der Waals surface area contributed by atoms with Gasteiger partial charge < -0.3 is 15.0 Å². The second kappa shape index (κ2) is 11.5. The number of carbonyl (C=O) groups excluding carboxylic acids is 2. The number of H-pyrrole nitrogens is 1. The first kappa shape index (κ1) is 23.6. The molecule has 1 aliphatic rings. The first-order valence-electron chi connectivity index (χ1n) is 10.4. The lowest BCUT2D eigenvalue weighted by molar-refractivity contribution is -0.459. The minimum atomic E-state index is -0.728. The molecule has 1 unspecified atom stereocenters. The van der Waals surface area contributed by atoms with Gasteiger partial charge in [-0.2, -0.15) is 0 Å². The van der Waals surface area contributed by atoms with Gasteiger partial charge in [0.05, 0.1) is 19.8 Å². The van der Waals surface area contributed by atoms with Crippen molar-refractivity contribution in [1.29, 1.82) is 0 Å². The summed E-state index contributed by atoms with van der Waals surface area (Å²) in [5.74, 6) is -0.538. The maximum absolute atomic E-state index is 12.9. The summed E-state index contributed by atoms with van der Waals surface area (Å²) >= 11 is 5.94. The normalized spacial score (nSPS) is 15.0. The standard InChI is InChI=1S/C21H28ClN7O3/c22-15-5-3-14(4-6-15)16-7-8-18(26-16)19(30)27-17(2-1-9-25-21(23)24)20(31)28-29-10-12-32-13-11-29/h3-8,17,26H,1-2,9-13H2,(H,27,30)(H,28,31)(H4,23,24,25)/p+1. The molecule has 0 spiro atoms. The molecule has 11 heteroatoms. The van der Waals surface area contributed by atoms with Crippen molar-refractivity contribution in [2.45, 2.75) is 18.9 Å². The minimum absolute atomic E-state index is 0.115. The van der Waals surface area contributed by atoms with Gasteiger partial charge in [-0.1, -0.05) is 23.7 Å². The molecule has 0 aliphatic carbocycles. The Bertz CT molecular complexity index is 935. The van der Waals surface area contributed by atoms with E-state index in [1.807, 2.05) is 18.2 Å². The fourth-order valence-electron chi connectivity index (χ4n) is 3.28. The van der Waals surface area contributed by atoms with E-state index in [1.54, 1.807) is 23.2 Å². The van der Waals surface area contributed by atoms with Crippen LogP contribution in [-0.2, 0) is 9.53 Å². The molecule has 1 atom stereocenters. The van der Waals surface area contributed by atoms with E-state index in [1.165, 1.54) is 0 Å². The molecule has 1 saturated heterocycles. The molecule has 1 aromatic carbocycles. The average molecular weight is 463 g/mol. The Morgan fingerprint density at radius 1 is 1.16 bits per heavy atom. The van der Waals surface area contributed by atoms with E-state index in [0.29, 0.717) is 56.4 Å². The fourth-order valence-corrected chi connectivity index (χ4v) is 3.40. The van der Waals surface area contributed by atoms with E-state index >= 15 is 0 Å². The molecule has 2 aromatic rings. The van der Waals surface area contributed by atoms with Gasteiger partial charge in [0, 0.05) is 23.8 Å². The zero-order valence-corrected chi connectivity index (χ0v) is 18.5. The largest absolute Gasteiger partial charge is 0.379 e. The van der Waals surface area contributed by atoms with E-state index in [9.17, 15) is 9.59 Å². The number of benzene rings is 1. The number of hydrazine groups is 1. The van der Waals surface area contributed by atoms with Crippen LogP contribution in [0, 0.1) is 0 Å². The molecule has 2 heterocycles. The molecule has 0 saturated carbocycles. The van der Waals surface area contributed by atoms with E-state index in [4.69, 9.17) is 27.8 Å². The van der Waals surface area contributed by atoms with Crippen LogP contribution in [0.4, 0.5) is 0 Å². The van der Waals surface area contributed by atoms with Gasteiger partial charge in [-0.05, 0) is 42.7 Å². The van der Waals surface area contributed by atoms with Crippen LogP contribution in [0.1, 0.15) is 23.3 Å². The van der Waals surface area contributed by atoms with Gasteiger partial charge in [0.25, 0.3) is 11.8 Å². The molecule has 1 aliphatic heterocycles. The molecule has 1 fully saturated rings. The quantitative estimate of drug-likeness (QED) is 0.158.